The summed E-state index contributed by atoms with van der Waals surface area (Å²) in [6.07, 6.45) is 2.27. The SMILES string of the molecule is CCc1cccc(F)c1.CN(c1cccc(F)c1)c1nc(Cl)nc2cc(F)c(F)cc12.CN(c1cccc(F)c1)c1nc(NN)nc2cc(F)c(F)cc12.CN(c1cccc(F)c1)c1nc2nncn2c2cc(F)c(F)cc12.Fc1cc2nc(Cl)nc(Cl)c2cc1F.NNO. The summed E-state index contributed by atoms with van der Waals surface area (Å²) in [5.41, 5.74) is 6.93. The molecule has 0 aliphatic rings. The topological polar surface area (TPSA) is 226 Å². The van der Waals surface area contributed by atoms with Gasteiger partial charge in [-0.3, -0.25) is 9.83 Å². The number of nitrogens with zero attached hydrogens (tertiary/aromatic N) is 13. The second-order valence-electron chi connectivity index (χ2n) is 19.4. The number of anilines is 7. The van der Waals surface area contributed by atoms with Gasteiger partial charge in [-0.1, -0.05) is 48.9 Å². The van der Waals surface area contributed by atoms with E-state index >= 15 is 0 Å². The maximum absolute atomic E-state index is 13.8. The number of hydrogen-bond acceptors (Lipinski definition) is 17. The molecule has 0 saturated carbocycles. The number of halogens is 15. The summed E-state index contributed by atoms with van der Waals surface area (Å²) < 4.78 is 161. The van der Waals surface area contributed by atoms with Gasteiger partial charge in [-0.15, -0.1) is 15.8 Å². The number of nitrogens with two attached hydrogens (primary N) is 2. The second-order valence-corrected chi connectivity index (χ2v) is 20.4. The van der Waals surface area contributed by atoms with Crippen molar-refractivity contribution in [1.29, 1.82) is 0 Å². The third-order valence-electron chi connectivity index (χ3n) is 13.3. The highest BCUT2D eigenvalue weighted by Crippen LogP contribution is 2.35. The highest BCUT2D eigenvalue weighted by molar-refractivity contribution is 6.35. The molecule has 0 unspecified atom stereocenters. The molecule has 490 valence electrons. The average molecular weight is 1380 g/mol. The van der Waals surface area contributed by atoms with E-state index in [4.69, 9.17) is 45.9 Å². The van der Waals surface area contributed by atoms with Gasteiger partial charge in [-0.2, -0.15) is 15.0 Å². The lowest BCUT2D eigenvalue weighted by Crippen LogP contribution is -2.16. The summed E-state index contributed by atoms with van der Waals surface area (Å²) in [6.45, 7) is 2.01. The molecule has 18 nitrogen and oxygen atoms in total. The lowest BCUT2D eigenvalue weighted by atomic mass is 10.2. The number of hydrazine groups is 2. The Morgan fingerprint density at radius 2 is 0.821 bits per heavy atom. The summed E-state index contributed by atoms with van der Waals surface area (Å²) >= 11 is 17.0. The van der Waals surface area contributed by atoms with E-state index < -0.39 is 64.0 Å². The molecular weight excluding hydrogens is 1330 g/mol. The third-order valence-corrected chi connectivity index (χ3v) is 13.9. The van der Waals surface area contributed by atoms with E-state index in [0.29, 0.717) is 33.8 Å². The Labute approximate surface area is 544 Å². The normalized spacial score (nSPS) is 10.7. The van der Waals surface area contributed by atoms with Crippen LogP contribution in [0.5, 0.6) is 0 Å². The van der Waals surface area contributed by atoms with E-state index in [1.165, 1.54) is 80.7 Å². The smallest absolute Gasteiger partial charge is 0.257 e. The lowest BCUT2D eigenvalue weighted by Gasteiger charge is -2.20. The highest BCUT2D eigenvalue weighted by Gasteiger charge is 2.21. The van der Waals surface area contributed by atoms with Crippen LogP contribution in [0.1, 0.15) is 12.5 Å². The standard InChI is InChI=1S/C16H10F3N5.C15H9ClF3N3.C15H12F3N5.C8H2Cl2F2N2.C8H9F.H4N2O/c1-23(10-4-2-3-9(17)5-10)15-11-6-12(18)13(19)7-14(11)24-8-20-22-16(24)21-15;1-22(9-4-2-3-8(17)5-9)14-10-6-11(18)12(19)7-13(10)20-15(16)21-14;1-23(9-4-2-3-8(16)5-9)14-10-6-11(17)12(18)7-13(10)20-15(21-14)22-19;9-7-3-1-4(11)5(12)2-6(3)13-8(10)14-7;1-2-7-4-3-5-8(9)6-7;1-2-3/h2-8H,1H3;2-7H,1H3;2-7H,19H2,1H3,(H,20,21,22);1-2H;3-6H,2H2,1H3;2-3H,1H2. The Morgan fingerprint density at radius 1 is 0.442 bits per heavy atom. The van der Waals surface area contributed by atoms with Crippen LogP contribution in [0.4, 0.5) is 93.1 Å². The molecule has 0 amide bonds. The fraction of sp³-hybridized carbons (Fsp3) is 0.0806. The number of nitrogen functional groups attached to an aromatic ring is 1. The minimum atomic E-state index is -1.03. The van der Waals surface area contributed by atoms with Crippen molar-refractivity contribution < 1.29 is 57.9 Å². The Kier molecular flexibility index (Phi) is 23.4. The van der Waals surface area contributed by atoms with Gasteiger partial charge in [-0.05, 0) is 126 Å². The van der Waals surface area contributed by atoms with Crippen molar-refractivity contribution >= 4 is 125 Å². The van der Waals surface area contributed by atoms with Crippen LogP contribution in [0, 0.1) is 69.8 Å². The van der Waals surface area contributed by atoms with Gasteiger partial charge < -0.3 is 19.9 Å². The average Bonchev–Trinajstić information content (AvgIpc) is 1.76. The first kappa shape index (κ1) is 70.5. The zero-order chi connectivity index (χ0) is 68.9. The first-order valence-corrected chi connectivity index (χ1v) is 28.2. The van der Waals surface area contributed by atoms with E-state index in [9.17, 15) is 52.7 Å². The number of hydrogen-bond donors (Lipinski definition) is 5. The van der Waals surface area contributed by atoms with Crippen LogP contribution in [-0.2, 0) is 6.42 Å². The largest absolute Gasteiger partial charge is 0.329 e. The summed E-state index contributed by atoms with van der Waals surface area (Å²) in [6, 6.07) is 32.0. The molecule has 7 N–H and O–H groups in total. The van der Waals surface area contributed by atoms with Crippen molar-refractivity contribution in [3.8, 4) is 0 Å². The van der Waals surface area contributed by atoms with Crippen LogP contribution < -0.4 is 37.4 Å². The number of rotatable bonds is 8. The number of nitrogens with one attached hydrogen (secondary N) is 2. The molecule has 0 bridgehead atoms. The second kappa shape index (κ2) is 31.5. The molecular formula is C62H46Cl3F12N17O. The number of aryl methyl sites for hydroxylation is 1. The van der Waals surface area contributed by atoms with Crippen molar-refractivity contribution in [1.82, 2.24) is 55.1 Å². The molecule has 0 radical (unpaired) electrons. The first-order chi connectivity index (χ1) is 45.3. The Balaban J connectivity index is 0.000000155. The summed E-state index contributed by atoms with van der Waals surface area (Å²) in [5.74, 6) is 1.07. The molecule has 0 atom stereocenters. The van der Waals surface area contributed by atoms with Crippen molar-refractivity contribution in [2.45, 2.75) is 13.3 Å². The first-order valence-electron chi connectivity index (χ1n) is 27.1. The molecule has 0 saturated heterocycles. The van der Waals surface area contributed by atoms with Crippen LogP contribution >= 0.6 is 34.8 Å². The summed E-state index contributed by atoms with van der Waals surface area (Å²) in [7, 11) is 4.90. The fourth-order valence-electron chi connectivity index (χ4n) is 8.80. The molecule has 0 spiro atoms. The van der Waals surface area contributed by atoms with Crippen LogP contribution in [0.3, 0.4) is 0 Å². The predicted molar refractivity (Wildman–Crippen MR) is 338 cm³/mol. The predicted octanol–water partition coefficient (Wildman–Crippen LogP) is 15.5. The van der Waals surface area contributed by atoms with Crippen LogP contribution in [0.15, 0.2) is 152 Å². The van der Waals surface area contributed by atoms with Gasteiger partial charge in [0.15, 0.2) is 46.5 Å². The quantitative estimate of drug-likeness (QED) is 0.0313. The molecule has 13 aromatic rings. The Hall–Kier alpha value is -10.3. The summed E-state index contributed by atoms with van der Waals surface area (Å²) in [5, 5.41) is 15.6. The lowest BCUT2D eigenvalue weighted by molar-refractivity contribution is 0.169. The van der Waals surface area contributed by atoms with Crippen molar-refractivity contribution in [2.75, 3.05) is 41.3 Å². The molecule has 8 aromatic carbocycles. The van der Waals surface area contributed by atoms with Crippen LogP contribution in [0.2, 0.25) is 15.7 Å². The number of benzene rings is 8. The maximum atomic E-state index is 13.8. The van der Waals surface area contributed by atoms with Crippen molar-refractivity contribution in [3.05, 3.63) is 243 Å². The monoisotopic (exact) mass is 1380 g/mol. The van der Waals surface area contributed by atoms with E-state index in [2.05, 4.69) is 56.4 Å². The van der Waals surface area contributed by atoms with E-state index in [1.54, 1.807) is 62.4 Å². The minimum Gasteiger partial charge on any atom is -0.329 e. The highest BCUT2D eigenvalue weighted by atomic mass is 35.5. The van der Waals surface area contributed by atoms with Gasteiger partial charge in [0.1, 0.15) is 52.2 Å². The number of fused-ring (bicyclic) bond motifs is 6. The zero-order valence-electron chi connectivity index (χ0n) is 49.2. The molecule has 33 heteroatoms. The van der Waals surface area contributed by atoms with E-state index in [-0.39, 0.29) is 77.6 Å². The maximum Gasteiger partial charge on any atom is 0.257 e. The summed E-state index contributed by atoms with van der Waals surface area (Å²) in [4.78, 5) is 32.4. The van der Waals surface area contributed by atoms with Crippen LogP contribution in [-0.4, -0.2) is 75.8 Å². The molecule has 95 heavy (non-hydrogen) atoms. The third kappa shape index (κ3) is 17.3. The molecule has 5 aromatic heterocycles. The number of aromatic nitrogens is 10. The van der Waals surface area contributed by atoms with Crippen molar-refractivity contribution in [3.63, 3.8) is 0 Å². The Morgan fingerprint density at radius 3 is 1.26 bits per heavy atom. The molecule has 13 rings (SSSR count). The van der Waals surface area contributed by atoms with Gasteiger partial charge in [0.25, 0.3) is 5.78 Å². The van der Waals surface area contributed by atoms with Gasteiger partial charge in [0, 0.05) is 84.0 Å². The molecule has 5 heterocycles. The van der Waals surface area contributed by atoms with Crippen LogP contribution in [0.25, 0.3) is 49.4 Å². The minimum absolute atomic E-state index is 0.00102. The Bertz CT molecular complexity index is 4920. The van der Waals surface area contributed by atoms with Gasteiger partial charge in [0.05, 0.1) is 22.1 Å². The van der Waals surface area contributed by atoms with E-state index in [0.717, 1.165) is 60.5 Å². The van der Waals surface area contributed by atoms with Gasteiger partial charge in [0.2, 0.25) is 16.5 Å². The van der Waals surface area contributed by atoms with E-state index in [1.807, 2.05) is 13.0 Å². The fourth-order valence-corrected chi connectivity index (χ4v) is 9.42. The molecule has 0 aliphatic heterocycles. The molecule has 0 fully saturated rings. The van der Waals surface area contributed by atoms with Crippen molar-refractivity contribution in [2.24, 2.45) is 11.7 Å². The van der Waals surface area contributed by atoms with Gasteiger partial charge >= 0.3 is 0 Å². The molecule has 0 aliphatic carbocycles. The zero-order valence-corrected chi connectivity index (χ0v) is 51.5. The van der Waals surface area contributed by atoms with Gasteiger partial charge in [-0.25, -0.2) is 84.3 Å².